The van der Waals surface area contributed by atoms with Crippen molar-refractivity contribution in [2.24, 2.45) is 5.92 Å². The van der Waals surface area contributed by atoms with Crippen LogP contribution in [-0.4, -0.2) is 53.3 Å². The van der Waals surface area contributed by atoms with Crippen LogP contribution in [0, 0.1) is 12.8 Å². The van der Waals surface area contributed by atoms with Crippen molar-refractivity contribution < 1.29 is 14.1 Å². The minimum Gasteiger partial charge on any atom is -0.381 e. The molecule has 1 aliphatic heterocycles. The van der Waals surface area contributed by atoms with Gasteiger partial charge in [-0.25, -0.2) is 0 Å². The molecule has 0 bridgehead atoms. The number of nitrogens with one attached hydrogen (secondary N) is 1. The Hall–Kier alpha value is -1.47. The quantitative estimate of drug-likeness (QED) is 0.818. The number of rotatable bonds is 7. The summed E-state index contributed by atoms with van der Waals surface area (Å²) in [4.78, 5) is 19.1. The second-order valence-corrected chi connectivity index (χ2v) is 6.47. The summed E-state index contributed by atoms with van der Waals surface area (Å²) < 4.78 is 10.8. The fourth-order valence-corrected chi connectivity index (χ4v) is 3.21. The van der Waals surface area contributed by atoms with E-state index < -0.39 is 0 Å². The van der Waals surface area contributed by atoms with Gasteiger partial charge in [-0.15, -0.1) is 0 Å². The van der Waals surface area contributed by atoms with Gasteiger partial charge in [0.1, 0.15) is 6.04 Å². The van der Waals surface area contributed by atoms with Crippen LogP contribution in [0.25, 0.3) is 0 Å². The van der Waals surface area contributed by atoms with Crippen LogP contribution in [0.2, 0.25) is 0 Å². The fourth-order valence-electron chi connectivity index (χ4n) is 3.21. The van der Waals surface area contributed by atoms with Crippen molar-refractivity contribution in [1.82, 2.24) is 20.4 Å². The number of carbonyl (C=O) groups is 1. The predicted octanol–water partition coefficient (Wildman–Crippen LogP) is 1.45. The molecule has 2 aliphatic rings. The number of aryl methyl sites for hydroxylation is 1. The second kappa shape index (κ2) is 7.40. The summed E-state index contributed by atoms with van der Waals surface area (Å²) in [5.74, 6) is 1.42. The molecule has 2 heterocycles. The fraction of sp³-hybridized carbons (Fsp3) is 0.812. The summed E-state index contributed by atoms with van der Waals surface area (Å²) in [6.07, 6.45) is 4.19. The normalized spacial score (nSPS) is 20.7. The second-order valence-electron chi connectivity index (χ2n) is 6.47. The third-order valence-electron chi connectivity index (χ3n) is 4.68. The van der Waals surface area contributed by atoms with Crippen molar-refractivity contribution in [3.63, 3.8) is 0 Å². The van der Waals surface area contributed by atoms with Crippen molar-refractivity contribution in [1.29, 1.82) is 0 Å². The van der Waals surface area contributed by atoms with E-state index in [1.807, 2.05) is 0 Å². The Morgan fingerprint density at radius 1 is 1.35 bits per heavy atom. The first-order valence-corrected chi connectivity index (χ1v) is 8.58. The maximum atomic E-state index is 12.5. The van der Waals surface area contributed by atoms with Crippen molar-refractivity contribution in [3.8, 4) is 0 Å². The Labute approximate surface area is 136 Å². The van der Waals surface area contributed by atoms with Crippen molar-refractivity contribution in [2.45, 2.75) is 51.6 Å². The predicted molar refractivity (Wildman–Crippen MR) is 83.7 cm³/mol. The zero-order valence-electron chi connectivity index (χ0n) is 14.0. The van der Waals surface area contributed by atoms with E-state index in [-0.39, 0.29) is 17.9 Å². The molecule has 128 valence electrons. The van der Waals surface area contributed by atoms with E-state index in [9.17, 15) is 4.79 Å². The van der Waals surface area contributed by atoms with Crippen LogP contribution in [-0.2, 0) is 9.53 Å². The van der Waals surface area contributed by atoms with Crippen LogP contribution >= 0.6 is 0 Å². The number of nitrogens with zero attached hydrogens (tertiary/aromatic N) is 3. The van der Waals surface area contributed by atoms with Crippen molar-refractivity contribution in [3.05, 3.63) is 11.7 Å². The smallest absolute Gasteiger partial charge is 0.249 e. The highest BCUT2D eigenvalue weighted by atomic mass is 16.5. The molecule has 1 amide bonds. The van der Waals surface area contributed by atoms with Crippen LogP contribution in [0.4, 0.5) is 0 Å². The van der Waals surface area contributed by atoms with Crippen LogP contribution < -0.4 is 5.32 Å². The summed E-state index contributed by atoms with van der Waals surface area (Å²) >= 11 is 0. The highest BCUT2D eigenvalue weighted by Gasteiger charge is 2.33. The van der Waals surface area contributed by atoms with E-state index in [4.69, 9.17) is 9.26 Å². The van der Waals surface area contributed by atoms with Crippen LogP contribution in [0.5, 0.6) is 0 Å². The number of likely N-dealkylation sites (N-methyl/N-ethyl adjacent to an activating group) is 1. The van der Waals surface area contributed by atoms with Gasteiger partial charge in [-0.3, -0.25) is 9.69 Å². The van der Waals surface area contributed by atoms with E-state index in [0.717, 1.165) is 19.4 Å². The zero-order chi connectivity index (χ0) is 16.2. The Kier molecular flexibility index (Phi) is 5.27. The lowest BCUT2D eigenvalue weighted by molar-refractivity contribution is -0.124. The molecular formula is C16H26N4O3. The zero-order valence-corrected chi connectivity index (χ0v) is 14.0. The lowest BCUT2D eigenvalue weighted by Crippen LogP contribution is -2.42. The van der Waals surface area contributed by atoms with Gasteiger partial charge in [0.25, 0.3) is 0 Å². The minimum atomic E-state index is -0.217. The Balaban J connectivity index is 1.66. The monoisotopic (exact) mass is 322 g/mol. The minimum absolute atomic E-state index is 0.0334. The topological polar surface area (TPSA) is 80.5 Å². The number of hydrogen-bond donors (Lipinski definition) is 1. The molecule has 1 saturated carbocycles. The summed E-state index contributed by atoms with van der Waals surface area (Å²) in [6.45, 7) is 6.67. The van der Waals surface area contributed by atoms with Gasteiger partial charge in [0, 0.05) is 19.3 Å². The first-order chi connectivity index (χ1) is 11.2. The van der Waals surface area contributed by atoms with Gasteiger partial charge in [0.15, 0.2) is 5.82 Å². The van der Waals surface area contributed by atoms with Crippen molar-refractivity contribution in [2.75, 3.05) is 26.3 Å². The Morgan fingerprint density at radius 2 is 2.09 bits per heavy atom. The van der Waals surface area contributed by atoms with Gasteiger partial charge in [-0.1, -0.05) is 12.1 Å². The molecule has 0 spiro atoms. The molecule has 0 unspecified atom stereocenters. The molecule has 0 radical (unpaired) electrons. The maximum absolute atomic E-state index is 12.5. The molecule has 1 aromatic heterocycles. The summed E-state index contributed by atoms with van der Waals surface area (Å²) in [7, 11) is 0. The molecule has 1 aliphatic carbocycles. The van der Waals surface area contributed by atoms with Crippen LogP contribution in [0.1, 0.15) is 50.4 Å². The number of aromatic nitrogens is 2. The number of hydrogen-bond acceptors (Lipinski definition) is 6. The largest absolute Gasteiger partial charge is 0.381 e. The maximum Gasteiger partial charge on any atom is 0.249 e. The lowest BCUT2D eigenvalue weighted by atomic mass is 9.91. The first-order valence-electron chi connectivity index (χ1n) is 8.58. The molecule has 1 saturated heterocycles. The van der Waals surface area contributed by atoms with E-state index in [0.29, 0.717) is 37.5 Å². The SMILES string of the molecule is CCN(CC(=O)N[C@@H](c1nc(C)no1)C1CCOCC1)C1CC1. The molecular weight excluding hydrogens is 296 g/mol. The molecule has 1 atom stereocenters. The summed E-state index contributed by atoms with van der Waals surface area (Å²) in [6, 6.07) is 0.364. The standard InChI is InChI=1S/C16H26N4O3/c1-3-20(13-4-5-13)10-14(21)18-15(12-6-8-22-9-7-12)16-17-11(2)19-23-16/h12-13,15H,3-10H2,1-2H3,(H,18,21)/t15-/m1/s1. The molecule has 3 rings (SSSR count). The third-order valence-corrected chi connectivity index (χ3v) is 4.68. The molecule has 0 aromatic carbocycles. The van der Waals surface area contributed by atoms with Crippen LogP contribution in [0.15, 0.2) is 4.52 Å². The molecule has 7 heteroatoms. The van der Waals surface area contributed by atoms with Gasteiger partial charge in [-0.2, -0.15) is 4.98 Å². The van der Waals surface area contributed by atoms with Gasteiger partial charge in [0.05, 0.1) is 6.54 Å². The van der Waals surface area contributed by atoms with E-state index in [1.165, 1.54) is 12.8 Å². The molecule has 1 N–H and O–H groups in total. The highest BCUT2D eigenvalue weighted by molar-refractivity contribution is 5.78. The van der Waals surface area contributed by atoms with E-state index in [1.54, 1.807) is 6.92 Å². The van der Waals surface area contributed by atoms with Crippen LogP contribution in [0.3, 0.4) is 0 Å². The van der Waals surface area contributed by atoms with E-state index in [2.05, 4.69) is 27.3 Å². The van der Waals surface area contributed by atoms with Gasteiger partial charge >= 0.3 is 0 Å². The molecule has 23 heavy (non-hydrogen) atoms. The van der Waals surface area contributed by atoms with Gasteiger partial charge in [-0.05, 0) is 45.1 Å². The highest BCUT2D eigenvalue weighted by Crippen LogP contribution is 2.30. The average molecular weight is 322 g/mol. The Bertz CT molecular complexity index is 523. The van der Waals surface area contributed by atoms with Gasteiger partial charge in [0.2, 0.25) is 11.8 Å². The molecule has 2 fully saturated rings. The lowest BCUT2D eigenvalue weighted by Gasteiger charge is -2.29. The summed E-state index contributed by atoms with van der Waals surface area (Å²) in [5, 5.41) is 7.01. The van der Waals surface area contributed by atoms with E-state index >= 15 is 0 Å². The average Bonchev–Trinajstić information content (AvgIpc) is 3.32. The third kappa shape index (κ3) is 4.29. The number of carbonyl (C=O) groups excluding carboxylic acids is 1. The first kappa shape index (κ1) is 16.4. The Morgan fingerprint density at radius 3 is 2.65 bits per heavy atom. The number of ether oxygens (including phenoxy) is 1. The van der Waals surface area contributed by atoms with Crippen molar-refractivity contribution >= 4 is 5.91 Å². The number of amides is 1. The summed E-state index contributed by atoms with van der Waals surface area (Å²) in [5.41, 5.74) is 0. The van der Waals surface area contributed by atoms with Gasteiger partial charge < -0.3 is 14.6 Å². The molecule has 7 nitrogen and oxygen atoms in total. The molecule has 1 aromatic rings.